The van der Waals surface area contributed by atoms with Crippen LogP contribution in [0.5, 0.6) is 5.75 Å². The summed E-state index contributed by atoms with van der Waals surface area (Å²) in [6, 6.07) is 12.0. The number of hydrogen-bond acceptors (Lipinski definition) is 2. The Hall–Kier alpha value is -1.56. The molecule has 0 saturated carbocycles. The normalized spacial score (nSPS) is 10.4. The topological polar surface area (TPSA) is 38.3 Å². The maximum atomic E-state index is 12.0. The molecule has 1 amide bonds. The monoisotopic (exact) mass is 423 g/mol. The molecule has 0 saturated heterocycles. The second kappa shape index (κ2) is 8.34. The number of aryl methyl sites for hydroxylation is 2. The number of anilines is 1. The van der Waals surface area contributed by atoms with Gasteiger partial charge in [0.05, 0.1) is 6.61 Å². The van der Waals surface area contributed by atoms with Crippen molar-refractivity contribution in [3.63, 3.8) is 0 Å². The lowest BCUT2D eigenvalue weighted by Gasteiger charge is -2.11. The van der Waals surface area contributed by atoms with E-state index in [0.29, 0.717) is 19.4 Å². The Morgan fingerprint density at radius 3 is 2.65 bits per heavy atom. The summed E-state index contributed by atoms with van der Waals surface area (Å²) in [6.45, 7) is 6.67. The lowest BCUT2D eigenvalue weighted by atomic mass is 10.1. The molecule has 0 radical (unpaired) electrons. The summed E-state index contributed by atoms with van der Waals surface area (Å²) in [6.07, 6.45) is 1.15. The van der Waals surface area contributed by atoms with E-state index in [1.54, 1.807) is 0 Å². The third kappa shape index (κ3) is 5.23. The van der Waals surface area contributed by atoms with Crippen LogP contribution in [0.4, 0.5) is 5.69 Å². The van der Waals surface area contributed by atoms with Crippen molar-refractivity contribution in [3.8, 4) is 5.75 Å². The number of ether oxygens (including phenoxy) is 1. The summed E-state index contributed by atoms with van der Waals surface area (Å²) < 4.78 is 6.94. The number of carbonyl (C=O) groups excluding carboxylic acids is 1. The lowest BCUT2D eigenvalue weighted by molar-refractivity contribution is -0.116. The van der Waals surface area contributed by atoms with Gasteiger partial charge in [-0.2, -0.15) is 0 Å². The number of nitrogens with one attached hydrogen (secondary N) is 1. The van der Waals surface area contributed by atoms with Gasteiger partial charge in [0.25, 0.3) is 0 Å². The first-order chi connectivity index (χ1) is 11.0. The molecule has 23 heavy (non-hydrogen) atoms. The Kier molecular flexibility index (Phi) is 6.45. The summed E-state index contributed by atoms with van der Waals surface area (Å²) in [5.74, 6) is 0.928. The quantitative estimate of drug-likeness (QED) is 0.524. The molecule has 2 aromatic rings. The summed E-state index contributed by atoms with van der Waals surface area (Å²) in [7, 11) is 0. The molecule has 0 spiro atoms. The minimum Gasteiger partial charge on any atom is -0.493 e. The van der Waals surface area contributed by atoms with Gasteiger partial charge in [-0.3, -0.25) is 4.79 Å². The number of benzene rings is 2. The molecule has 4 heteroatoms. The fraction of sp³-hybridized carbons (Fsp3) is 0.316. The molecule has 0 aliphatic heterocycles. The average molecular weight is 423 g/mol. The molecule has 1 N–H and O–H groups in total. The van der Waals surface area contributed by atoms with Crippen LogP contribution < -0.4 is 10.1 Å². The molecule has 2 aromatic carbocycles. The highest BCUT2D eigenvalue weighted by Crippen LogP contribution is 2.21. The molecule has 0 heterocycles. The molecule has 0 bridgehead atoms. The second-order valence-corrected chi connectivity index (χ2v) is 6.90. The highest BCUT2D eigenvalue weighted by molar-refractivity contribution is 14.1. The van der Waals surface area contributed by atoms with Crippen LogP contribution in [0.25, 0.3) is 0 Å². The molecule has 122 valence electrons. The minimum atomic E-state index is 0.0267. The van der Waals surface area contributed by atoms with Gasteiger partial charge in [0.2, 0.25) is 5.91 Å². The fourth-order valence-electron chi connectivity index (χ4n) is 2.28. The molecular weight excluding hydrogens is 401 g/mol. The number of hydrogen-bond donors (Lipinski definition) is 1. The standard InChI is InChI=1S/C19H22INO2/c1-13-6-4-7-18(15(13)3)23-11-5-8-19(22)21-17-10-9-16(20)12-14(17)2/h4,6-7,9-10,12H,5,8,11H2,1-3H3,(H,21,22). The lowest BCUT2D eigenvalue weighted by Crippen LogP contribution is -2.13. The first-order valence-corrected chi connectivity index (χ1v) is 8.80. The number of amides is 1. The highest BCUT2D eigenvalue weighted by Gasteiger charge is 2.06. The maximum absolute atomic E-state index is 12.0. The SMILES string of the molecule is Cc1cc(I)ccc1NC(=O)CCCOc1cccc(C)c1C. The van der Waals surface area contributed by atoms with Crippen LogP contribution in [-0.4, -0.2) is 12.5 Å². The van der Waals surface area contributed by atoms with E-state index < -0.39 is 0 Å². The van der Waals surface area contributed by atoms with Crippen molar-refractivity contribution in [1.82, 2.24) is 0 Å². The van der Waals surface area contributed by atoms with Crippen LogP contribution in [0.3, 0.4) is 0 Å². The van der Waals surface area contributed by atoms with Crippen molar-refractivity contribution in [3.05, 3.63) is 56.7 Å². The largest absolute Gasteiger partial charge is 0.493 e. The van der Waals surface area contributed by atoms with E-state index in [-0.39, 0.29) is 5.91 Å². The van der Waals surface area contributed by atoms with Gasteiger partial charge in [0, 0.05) is 15.7 Å². The Morgan fingerprint density at radius 2 is 1.91 bits per heavy atom. The van der Waals surface area contributed by atoms with E-state index in [2.05, 4.69) is 53.9 Å². The van der Waals surface area contributed by atoms with Crippen molar-refractivity contribution in [2.24, 2.45) is 0 Å². The van der Waals surface area contributed by atoms with Gasteiger partial charge in [0.1, 0.15) is 5.75 Å². The molecule has 0 unspecified atom stereocenters. The zero-order valence-electron chi connectivity index (χ0n) is 13.8. The van der Waals surface area contributed by atoms with Crippen LogP contribution in [0.15, 0.2) is 36.4 Å². The molecule has 0 fully saturated rings. The Labute approximate surface area is 151 Å². The molecule has 0 aliphatic rings. The van der Waals surface area contributed by atoms with Crippen LogP contribution in [-0.2, 0) is 4.79 Å². The molecule has 0 atom stereocenters. The third-order valence-corrected chi connectivity index (χ3v) is 4.49. The van der Waals surface area contributed by atoms with E-state index >= 15 is 0 Å². The summed E-state index contributed by atoms with van der Waals surface area (Å²) in [5, 5.41) is 2.96. The van der Waals surface area contributed by atoms with Crippen LogP contribution in [0.2, 0.25) is 0 Å². The first kappa shape index (κ1) is 17.8. The van der Waals surface area contributed by atoms with Gasteiger partial charge in [0.15, 0.2) is 0 Å². The third-order valence-electron chi connectivity index (χ3n) is 3.82. The van der Waals surface area contributed by atoms with Crippen molar-refractivity contribution in [2.45, 2.75) is 33.6 Å². The predicted octanol–water partition coefficient (Wildman–Crippen LogP) is 5.01. The zero-order valence-corrected chi connectivity index (χ0v) is 15.9. The van der Waals surface area contributed by atoms with Gasteiger partial charge >= 0.3 is 0 Å². The Balaban J connectivity index is 1.78. The molecule has 0 aromatic heterocycles. The van der Waals surface area contributed by atoms with Crippen molar-refractivity contribution in [1.29, 1.82) is 0 Å². The van der Waals surface area contributed by atoms with Crippen molar-refractivity contribution >= 4 is 34.2 Å². The summed E-state index contributed by atoms with van der Waals surface area (Å²) >= 11 is 2.26. The number of carbonyl (C=O) groups is 1. The van der Waals surface area contributed by atoms with E-state index in [9.17, 15) is 4.79 Å². The Bertz CT molecular complexity index is 698. The molecule has 3 nitrogen and oxygen atoms in total. The smallest absolute Gasteiger partial charge is 0.224 e. The van der Waals surface area contributed by atoms with Crippen LogP contribution in [0, 0.1) is 24.3 Å². The zero-order chi connectivity index (χ0) is 16.8. The first-order valence-electron chi connectivity index (χ1n) is 7.72. The van der Waals surface area contributed by atoms with Gasteiger partial charge in [-0.15, -0.1) is 0 Å². The van der Waals surface area contributed by atoms with Gasteiger partial charge in [-0.05, 0) is 90.7 Å². The van der Waals surface area contributed by atoms with E-state index in [4.69, 9.17) is 4.74 Å². The number of halogens is 1. The average Bonchev–Trinajstić information content (AvgIpc) is 2.50. The van der Waals surface area contributed by atoms with Gasteiger partial charge < -0.3 is 10.1 Å². The predicted molar refractivity (Wildman–Crippen MR) is 103 cm³/mol. The molecular formula is C19H22INO2. The van der Waals surface area contributed by atoms with Gasteiger partial charge in [-0.25, -0.2) is 0 Å². The Morgan fingerprint density at radius 1 is 1.13 bits per heavy atom. The summed E-state index contributed by atoms with van der Waals surface area (Å²) in [5.41, 5.74) is 4.34. The van der Waals surface area contributed by atoms with Crippen LogP contribution >= 0.6 is 22.6 Å². The van der Waals surface area contributed by atoms with Gasteiger partial charge in [-0.1, -0.05) is 12.1 Å². The molecule has 0 aliphatic carbocycles. The highest BCUT2D eigenvalue weighted by atomic mass is 127. The minimum absolute atomic E-state index is 0.0267. The maximum Gasteiger partial charge on any atom is 0.224 e. The fourth-order valence-corrected chi connectivity index (χ4v) is 2.92. The van der Waals surface area contributed by atoms with E-state index in [0.717, 1.165) is 22.6 Å². The second-order valence-electron chi connectivity index (χ2n) is 5.66. The van der Waals surface area contributed by atoms with E-state index in [1.807, 2.05) is 31.2 Å². The van der Waals surface area contributed by atoms with Crippen molar-refractivity contribution in [2.75, 3.05) is 11.9 Å². The number of rotatable bonds is 6. The van der Waals surface area contributed by atoms with E-state index in [1.165, 1.54) is 9.13 Å². The van der Waals surface area contributed by atoms with Crippen molar-refractivity contribution < 1.29 is 9.53 Å². The van der Waals surface area contributed by atoms with Crippen LogP contribution in [0.1, 0.15) is 29.5 Å². The summed E-state index contributed by atoms with van der Waals surface area (Å²) in [4.78, 5) is 12.0. The molecule has 2 rings (SSSR count).